The maximum absolute atomic E-state index is 12.9. The maximum Gasteiger partial charge on any atom is 0.307 e. The number of aromatic nitrogens is 4. The van der Waals surface area contributed by atoms with Crippen molar-refractivity contribution < 1.29 is 14.3 Å². The number of carbonyl (C=O) groups is 2. The van der Waals surface area contributed by atoms with Crippen LogP contribution in [0.2, 0.25) is 0 Å². The molecule has 270 valence electrons. The average molecular weight is 700 g/mol. The van der Waals surface area contributed by atoms with E-state index < -0.39 is 5.60 Å². The highest BCUT2D eigenvalue weighted by atomic mass is 16.6. The number of fused-ring (bicyclic) bond motifs is 1. The molecule has 3 aromatic heterocycles. The minimum Gasteiger partial charge on any atom is -0.460 e. The molecule has 0 radical (unpaired) electrons. The van der Waals surface area contributed by atoms with Gasteiger partial charge >= 0.3 is 5.97 Å². The molecule has 10 heteroatoms. The Morgan fingerprint density at radius 1 is 0.962 bits per heavy atom. The molecule has 5 aromatic rings. The van der Waals surface area contributed by atoms with Crippen LogP contribution in [0.25, 0.3) is 39.5 Å². The fraction of sp³-hybridized carbons (Fsp3) is 0.405. The summed E-state index contributed by atoms with van der Waals surface area (Å²) in [5.74, 6) is 1.09. The van der Waals surface area contributed by atoms with Crippen LogP contribution >= 0.6 is 0 Å². The van der Waals surface area contributed by atoms with Gasteiger partial charge in [0.25, 0.3) is 0 Å². The SMILES string of the molecule is CC(C)NC(=O)C1CCN(c2cccc(-c3ccc4nc(-c5cccnc5N)n(-c5ccc(C6(CC(=O)OC(C)(C)C)CCC6)cc5)c4n3)c2)CC1. The van der Waals surface area contributed by atoms with Crippen LogP contribution in [0, 0.1) is 5.92 Å². The number of nitrogens with one attached hydrogen (secondary N) is 1. The summed E-state index contributed by atoms with van der Waals surface area (Å²) in [4.78, 5) is 42.5. The summed E-state index contributed by atoms with van der Waals surface area (Å²) in [5, 5.41) is 3.07. The predicted molar refractivity (Wildman–Crippen MR) is 206 cm³/mol. The smallest absolute Gasteiger partial charge is 0.307 e. The standard InChI is InChI=1S/C42H49N7O3/c1-27(2)45-40(51)28-18-23-48(24-19-28)32-10-6-9-29(25-32)34-16-17-35-39(46-34)49(38(47-35)33-11-7-22-44-37(33)43)31-14-12-30(13-15-31)42(20-8-21-42)26-36(50)52-41(3,4)5/h6-7,9-17,22,25,27-28H,8,18-21,23-24,26H2,1-5H3,(H2,43,44)(H,45,51). The van der Waals surface area contributed by atoms with Crippen molar-refractivity contribution in [3.63, 3.8) is 0 Å². The number of imidazole rings is 1. The lowest BCUT2D eigenvalue weighted by molar-refractivity contribution is -0.157. The number of anilines is 2. The van der Waals surface area contributed by atoms with Crippen LogP contribution in [0.4, 0.5) is 11.5 Å². The van der Waals surface area contributed by atoms with Crippen LogP contribution in [-0.2, 0) is 19.7 Å². The Labute approximate surface area is 305 Å². The van der Waals surface area contributed by atoms with Gasteiger partial charge in [0.1, 0.15) is 16.9 Å². The summed E-state index contributed by atoms with van der Waals surface area (Å²) in [6, 6.07) is 24.8. The van der Waals surface area contributed by atoms with Gasteiger partial charge < -0.3 is 20.7 Å². The molecule has 0 unspecified atom stereocenters. The molecule has 1 amide bonds. The lowest BCUT2D eigenvalue weighted by Crippen LogP contribution is -2.42. The van der Waals surface area contributed by atoms with E-state index in [2.05, 4.69) is 63.7 Å². The minimum absolute atomic E-state index is 0.0486. The molecule has 52 heavy (non-hydrogen) atoms. The van der Waals surface area contributed by atoms with Crippen LogP contribution in [0.3, 0.4) is 0 Å². The first kappa shape index (κ1) is 35.2. The zero-order chi connectivity index (χ0) is 36.6. The van der Waals surface area contributed by atoms with Crippen molar-refractivity contribution in [2.75, 3.05) is 23.7 Å². The first-order valence-electron chi connectivity index (χ1n) is 18.5. The van der Waals surface area contributed by atoms with Gasteiger partial charge in [-0.2, -0.15) is 0 Å². The summed E-state index contributed by atoms with van der Waals surface area (Å²) in [5.41, 5.74) is 12.8. The van der Waals surface area contributed by atoms with E-state index in [1.165, 1.54) is 0 Å². The summed E-state index contributed by atoms with van der Waals surface area (Å²) >= 11 is 0. The van der Waals surface area contributed by atoms with E-state index in [0.29, 0.717) is 23.7 Å². The lowest BCUT2D eigenvalue weighted by Gasteiger charge is -2.42. The number of ether oxygens (including phenoxy) is 1. The van der Waals surface area contributed by atoms with E-state index in [9.17, 15) is 9.59 Å². The number of amides is 1. The van der Waals surface area contributed by atoms with Gasteiger partial charge in [-0.15, -0.1) is 0 Å². The molecule has 10 nitrogen and oxygen atoms in total. The van der Waals surface area contributed by atoms with E-state index >= 15 is 0 Å². The molecule has 1 aliphatic heterocycles. The van der Waals surface area contributed by atoms with E-state index in [0.717, 1.165) is 84.5 Å². The number of hydrogen-bond donors (Lipinski definition) is 2. The number of carbonyl (C=O) groups excluding carboxylic acids is 2. The number of rotatable bonds is 9. The van der Waals surface area contributed by atoms with Crippen LogP contribution < -0.4 is 16.0 Å². The number of benzene rings is 2. The lowest BCUT2D eigenvalue weighted by atomic mass is 9.62. The van der Waals surface area contributed by atoms with Crippen molar-refractivity contribution in [2.24, 2.45) is 5.92 Å². The normalized spacial score (nSPS) is 16.2. The fourth-order valence-corrected chi connectivity index (χ4v) is 7.60. The maximum atomic E-state index is 12.9. The second kappa shape index (κ2) is 14.1. The van der Waals surface area contributed by atoms with Gasteiger partial charge in [-0.3, -0.25) is 14.2 Å². The average Bonchev–Trinajstić information content (AvgIpc) is 3.48. The number of esters is 1. The number of hydrogen-bond acceptors (Lipinski definition) is 8. The third-order valence-corrected chi connectivity index (χ3v) is 10.3. The fourth-order valence-electron chi connectivity index (χ4n) is 7.60. The predicted octanol–water partition coefficient (Wildman–Crippen LogP) is 7.63. The third kappa shape index (κ3) is 7.24. The number of nitrogens with two attached hydrogens (primary N) is 1. The first-order valence-corrected chi connectivity index (χ1v) is 18.5. The molecule has 0 spiro atoms. The Bertz CT molecular complexity index is 2090. The van der Waals surface area contributed by atoms with Gasteiger partial charge in [0.05, 0.1) is 17.7 Å². The molecule has 3 N–H and O–H groups in total. The van der Waals surface area contributed by atoms with Crippen molar-refractivity contribution in [1.82, 2.24) is 24.8 Å². The summed E-state index contributed by atoms with van der Waals surface area (Å²) in [6.45, 7) is 11.4. The highest BCUT2D eigenvalue weighted by Gasteiger charge is 2.41. The largest absolute Gasteiger partial charge is 0.460 e. The van der Waals surface area contributed by atoms with E-state index in [1.807, 2.05) is 63.5 Å². The van der Waals surface area contributed by atoms with Crippen molar-refractivity contribution in [2.45, 2.75) is 90.2 Å². The molecule has 7 rings (SSSR count). The van der Waals surface area contributed by atoms with Crippen LogP contribution in [0.5, 0.6) is 0 Å². The number of piperidine rings is 1. The first-order chi connectivity index (χ1) is 24.9. The Balaban J connectivity index is 1.22. The molecular formula is C42H49N7O3. The van der Waals surface area contributed by atoms with Crippen LogP contribution in [-0.4, -0.2) is 56.1 Å². The van der Waals surface area contributed by atoms with Crippen molar-refractivity contribution in [3.05, 3.63) is 84.6 Å². The van der Waals surface area contributed by atoms with Crippen molar-refractivity contribution >= 4 is 34.5 Å². The molecule has 0 atom stereocenters. The van der Waals surface area contributed by atoms with Gasteiger partial charge in [-0.25, -0.2) is 15.0 Å². The highest BCUT2D eigenvalue weighted by Crippen LogP contribution is 2.47. The van der Waals surface area contributed by atoms with Crippen molar-refractivity contribution in [3.8, 4) is 28.3 Å². The Hall–Kier alpha value is -5.25. The minimum atomic E-state index is -0.518. The zero-order valence-corrected chi connectivity index (χ0v) is 30.9. The van der Waals surface area contributed by atoms with E-state index in [4.69, 9.17) is 20.4 Å². The molecular weight excluding hydrogens is 651 g/mol. The monoisotopic (exact) mass is 699 g/mol. The van der Waals surface area contributed by atoms with Crippen LogP contribution in [0.15, 0.2) is 79.0 Å². The molecule has 2 aliphatic rings. The van der Waals surface area contributed by atoms with Gasteiger partial charge in [-0.1, -0.05) is 30.7 Å². The number of pyridine rings is 2. The molecule has 0 bridgehead atoms. The molecule has 1 aliphatic carbocycles. The topological polar surface area (TPSA) is 128 Å². The zero-order valence-electron chi connectivity index (χ0n) is 30.9. The highest BCUT2D eigenvalue weighted by molar-refractivity contribution is 5.85. The molecule has 2 fully saturated rings. The van der Waals surface area contributed by atoms with Crippen LogP contribution in [0.1, 0.15) is 78.7 Å². The second-order valence-electron chi connectivity index (χ2n) is 15.7. The summed E-state index contributed by atoms with van der Waals surface area (Å²) in [6.07, 6.45) is 6.68. The summed E-state index contributed by atoms with van der Waals surface area (Å²) < 4.78 is 7.77. The van der Waals surface area contributed by atoms with Crippen molar-refractivity contribution in [1.29, 1.82) is 0 Å². The second-order valence-corrected chi connectivity index (χ2v) is 15.7. The quantitative estimate of drug-likeness (QED) is 0.150. The Morgan fingerprint density at radius 2 is 1.71 bits per heavy atom. The number of nitrogen functional groups attached to an aromatic ring is 1. The molecule has 1 saturated heterocycles. The van der Waals surface area contributed by atoms with E-state index in [-0.39, 0.29) is 29.3 Å². The van der Waals surface area contributed by atoms with Gasteiger partial charge in [0.2, 0.25) is 5.91 Å². The van der Waals surface area contributed by atoms with E-state index in [1.54, 1.807) is 6.20 Å². The van der Waals surface area contributed by atoms with Gasteiger partial charge in [-0.05, 0) is 114 Å². The Kier molecular flexibility index (Phi) is 9.50. The summed E-state index contributed by atoms with van der Waals surface area (Å²) in [7, 11) is 0. The Morgan fingerprint density at radius 3 is 2.37 bits per heavy atom. The molecule has 4 heterocycles. The third-order valence-electron chi connectivity index (χ3n) is 10.3. The van der Waals surface area contributed by atoms with Gasteiger partial charge in [0.15, 0.2) is 11.5 Å². The van der Waals surface area contributed by atoms with Gasteiger partial charge in [0, 0.05) is 53.6 Å². The molecule has 2 aromatic carbocycles. The number of nitrogens with zero attached hydrogens (tertiary/aromatic N) is 5. The molecule has 1 saturated carbocycles.